The van der Waals surface area contributed by atoms with Gasteiger partial charge in [-0.15, -0.1) is 0 Å². The molecule has 4 heteroatoms. The molecule has 2 unspecified atom stereocenters. The Kier molecular flexibility index (Phi) is 4.76. The molecule has 1 aliphatic carbocycles. The van der Waals surface area contributed by atoms with Gasteiger partial charge in [0.25, 0.3) is 0 Å². The molecule has 0 amide bonds. The number of hydrogen-bond acceptors (Lipinski definition) is 2. The summed E-state index contributed by atoms with van der Waals surface area (Å²) in [5, 5.41) is 7.68. The molecule has 3 nitrogen and oxygen atoms in total. The topological polar surface area (TPSA) is 54.7 Å². The van der Waals surface area contributed by atoms with Crippen molar-refractivity contribution in [2.45, 2.75) is 24.7 Å². The van der Waals surface area contributed by atoms with Gasteiger partial charge >= 0.3 is 0 Å². The predicted octanol–water partition coefficient (Wildman–Crippen LogP) is 4.17. The number of H-pyrrole nitrogens is 1. The summed E-state index contributed by atoms with van der Waals surface area (Å²) < 4.78 is 0. The number of benzene rings is 1. The molecule has 3 N–H and O–H groups in total. The number of halogens is 1. The Morgan fingerprint density at radius 2 is 2.32 bits per heavy atom. The van der Waals surface area contributed by atoms with Crippen LogP contribution in [0.1, 0.15) is 35.8 Å². The first-order valence-corrected chi connectivity index (χ1v) is 7.98. The average Bonchev–Trinajstić information content (AvgIpc) is 3.07. The predicted molar refractivity (Wildman–Crippen MR) is 91.0 cm³/mol. The minimum absolute atomic E-state index is 0.310. The van der Waals surface area contributed by atoms with Gasteiger partial charge in [-0.25, -0.2) is 0 Å². The molecule has 0 radical (unpaired) electrons. The van der Waals surface area contributed by atoms with E-state index in [2.05, 4.69) is 34.5 Å². The molecule has 114 valence electrons. The third-order valence-corrected chi connectivity index (χ3v) is 4.42. The van der Waals surface area contributed by atoms with Crippen LogP contribution in [0.15, 0.2) is 60.5 Å². The van der Waals surface area contributed by atoms with Gasteiger partial charge in [-0.2, -0.15) is 5.10 Å². The summed E-state index contributed by atoms with van der Waals surface area (Å²) in [6, 6.07) is 8.08. The normalized spacial score (nSPS) is 19.0. The molecule has 0 aliphatic heterocycles. The van der Waals surface area contributed by atoms with Crippen molar-refractivity contribution in [3.8, 4) is 0 Å². The van der Waals surface area contributed by atoms with Crippen LogP contribution in [-0.2, 0) is 0 Å². The lowest BCUT2D eigenvalue weighted by atomic mass is 9.82. The number of aromatic nitrogens is 2. The minimum Gasteiger partial charge on any atom is -0.330 e. The summed E-state index contributed by atoms with van der Waals surface area (Å²) in [4.78, 5) is 0. The van der Waals surface area contributed by atoms with Gasteiger partial charge in [0.05, 0.1) is 6.20 Å². The van der Waals surface area contributed by atoms with Gasteiger partial charge in [-0.1, -0.05) is 42.0 Å². The van der Waals surface area contributed by atoms with Crippen LogP contribution in [0.2, 0.25) is 5.02 Å². The summed E-state index contributed by atoms with van der Waals surface area (Å²) >= 11 is 6.14. The molecule has 1 aromatic carbocycles. The summed E-state index contributed by atoms with van der Waals surface area (Å²) in [6.07, 6.45) is 12.6. The molecule has 2 aromatic rings. The third-order valence-electron chi connectivity index (χ3n) is 4.18. The van der Waals surface area contributed by atoms with E-state index in [9.17, 15) is 0 Å². The lowest BCUT2D eigenvalue weighted by Crippen LogP contribution is -2.11. The molecule has 22 heavy (non-hydrogen) atoms. The van der Waals surface area contributed by atoms with Crippen LogP contribution in [0.4, 0.5) is 0 Å². The molecule has 0 fully saturated rings. The van der Waals surface area contributed by atoms with Gasteiger partial charge in [-0.05, 0) is 48.2 Å². The summed E-state index contributed by atoms with van der Waals surface area (Å²) in [5.74, 6) is 0.714. The maximum absolute atomic E-state index is 6.14. The monoisotopic (exact) mass is 313 g/mol. The van der Waals surface area contributed by atoms with Crippen molar-refractivity contribution < 1.29 is 0 Å². The Bertz CT molecular complexity index is 673. The fourth-order valence-electron chi connectivity index (χ4n) is 3.02. The van der Waals surface area contributed by atoms with Crippen LogP contribution in [0.5, 0.6) is 0 Å². The first kappa shape index (κ1) is 15.1. The van der Waals surface area contributed by atoms with Crippen molar-refractivity contribution in [3.63, 3.8) is 0 Å². The zero-order valence-corrected chi connectivity index (χ0v) is 13.1. The highest BCUT2D eigenvalue weighted by Crippen LogP contribution is 2.35. The lowest BCUT2D eigenvalue weighted by Gasteiger charge is -2.23. The van der Waals surface area contributed by atoms with Crippen LogP contribution in [0, 0.1) is 0 Å². The number of nitrogens with two attached hydrogens (primary N) is 1. The zero-order chi connectivity index (χ0) is 15.4. The number of rotatable bonds is 5. The van der Waals surface area contributed by atoms with Crippen LogP contribution in [0.3, 0.4) is 0 Å². The largest absolute Gasteiger partial charge is 0.330 e. The molecule has 2 atom stereocenters. The number of nitrogens with one attached hydrogen (secondary N) is 1. The SMILES string of the molecule is NCCC(C1=CCC(c2cn[nH]c2)C=C1)c1cccc(Cl)c1. The number of allylic oxidation sites excluding steroid dienone is 4. The van der Waals surface area contributed by atoms with E-state index in [1.165, 1.54) is 16.7 Å². The molecule has 1 heterocycles. The van der Waals surface area contributed by atoms with Crippen molar-refractivity contribution in [3.05, 3.63) is 76.6 Å². The number of aromatic amines is 1. The standard InChI is InChI=1S/C18H20ClN3/c19-17-3-1-2-15(10-17)18(8-9-20)14-6-4-13(5-7-14)16-11-21-22-12-16/h1-4,6-7,10-13,18H,5,8-9,20H2,(H,21,22). The lowest BCUT2D eigenvalue weighted by molar-refractivity contribution is 0.709. The molecule has 1 aromatic heterocycles. The maximum atomic E-state index is 6.14. The van der Waals surface area contributed by atoms with E-state index in [1.807, 2.05) is 30.6 Å². The second-order valence-corrected chi connectivity index (χ2v) is 6.06. The Balaban J connectivity index is 1.80. The van der Waals surface area contributed by atoms with Gasteiger partial charge in [-0.3, -0.25) is 5.10 Å². The molecule has 0 saturated carbocycles. The quantitative estimate of drug-likeness (QED) is 0.870. The molecular weight excluding hydrogens is 294 g/mol. The summed E-state index contributed by atoms with van der Waals surface area (Å²) in [7, 11) is 0. The van der Waals surface area contributed by atoms with E-state index in [0.29, 0.717) is 18.4 Å². The highest BCUT2D eigenvalue weighted by molar-refractivity contribution is 6.30. The van der Waals surface area contributed by atoms with E-state index in [4.69, 9.17) is 17.3 Å². The first-order chi connectivity index (χ1) is 10.8. The van der Waals surface area contributed by atoms with Gasteiger partial charge in [0.1, 0.15) is 0 Å². The minimum atomic E-state index is 0.310. The fraction of sp³-hybridized carbons (Fsp3) is 0.278. The Morgan fingerprint density at radius 3 is 2.95 bits per heavy atom. The van der Waals surface area contributed by atoms with Gasteiger partial charge in [0.15, 0.2) is 0 Å². The first-order valence-electron chi connectivity index (χ1n) is 7.60. The van der Waals surface area contributed by atoms with E-state index in [1.54, 1.807) is 0 Å². The average molecular weight is 314 g/mol. The van der Waals surface area contributed by atoms with Gasteiger partial charge in [0.2, 0.25) is 0 Å². The molecule has 1 aliphatic rings. The van der Waals surface area contributed by atoms with Crippen LogP contribution < -0.4 is 5.73 Å². The van der Waals surface area contributed by atoms with Crippen molar-refractivity contribution >= 4 is 11.6 Å². The van der Waals surface area contributed by atoms with Crippen molar-refractivity contribution in [2.24, 2.45) is 5.73 Å². The fourth-order valence-corrected chi connectivity index (χ4v) is 3.22. The van der Waals surface area contributed by atoms with Gasteiger partial charge in [0, 0.05) is 23.1 Å². The smallest absolute Gasteiger partial charge is 0.0525 e. The Hall–Kier alpha value is -1.84. The Labute approximate surface area is 135 Å². The van der Waals surface area contributed by atoms with E-state index >= 15 is 0 Å². The Morgan fingerprint density at radius 1 is 1.41 bits per heavy atom. The van der Waals surface area contributed by atoms with E-state index < -0.39 is 0 Å². The van der Waals surface area contributed by atoms with Crippen LogP contribution >= 0.6 is 11.6 Å². The van der Waals surface area contributed by atoms with E-state index in [-0.39, 0.29) is 0 Å². The third kappa shape index (κ3) is 3.32. The summed E-state index contributed by atoms with van der Waals surface area (Å²) in [6.45, 7) is 0.660. The molecule has 0 saturated heterocycles. The van der Waals surface area contributed by atoms with Gasteiger partial charge < -0.3 is 5.73 Å². The van der Waals surface area contributed by atoms with Crippen molar-refractivity contribution in [2.75, 3.05) is 6.54 Å². The molecule has 3 rings (SSSR count). The van der Waals surface area contributed by atoms with Crippen LogP contribution in [-0.4, -0.2) is 16.7 Å². The van der Waals surface area contributed by atoms with E-state index in [0.717, 1.165) is 17.9 Å². The van der Waals surface area contributed by atoms with Crippen molar-refractivity contribution in [1.29, 1.82) is 0 Å². The highest BCUT2D eigenvalue weighted by Gasteiger charge is 2.19. The second-order valence-electron chi connectivity index (χ2n) is 5.62. The highest BCUT2D eigenvalue weighted by atomic mass is 35.5. The molecular formula is C18H20ClN3. The summed E-state index contributed by atoms with van der Waals surface area (Å²) in [5.41, 5.74) is 9.60. The van der Waals surface area contributed by atoms with Crippen LogP contribution in [0.25, 0.3) is 0 Å². The number of nitrogens with zero attached hydrogens (tertiary/aromatic N) is 1. The second kappa shape index (κ2) is 6.95. The number of hydrogen-bond donors (Lipinski definition) is 2. The zero-order valence-electron chi connectivity index (χ0n) is 12.4. The molecule has 0 spiro atoms. The molecule has 0 bridgehead atoms. The maximum Gasteiger partial charge on any atom is 0.0525 e. The van der Waals surface area contributed by atoms with Crippen molar-refractivity contribution in [1.82, 2.24) is 10.2 Å².